The summed E-state index contributed by atoms with van der Waals surface area (Å²) in [5.41, 5.74) is 3.31. The van der Waals surface area contributed by atoms with Gasteiger partial charge in [0.15, 0.2) is 0 Å². The van der Waals surface area contributed by atoms with Crippen molar-refractivity contribution in [3.63, 3.8) is 0 Å². The average molecular weight is 207 g/mol. The van der Waals surface area contributed by atoms with Crippen molar-refractivity contribution in [1.29, 1.82) is 0 Å². The van der Waals surface area contributed by atoms with Crippen LogP contribution >= 0.6 is 11.3 Å². The van der Waals surface area contributed by atoms with Gasteiger partial charge in [0.25, 0.3) is 0 Å². The minimum Gasteiger partial charge on any atom is -0.223 e. The molecule has 2 aromatic heterocycles. The Kier molecular flexibility index (Phi) is 2.37. The molecule has 0 aliphatic heterocycles. The van der Waals surface area contributed by atoms with Gasteiger partial charge in [-0.1, -0.05) is 6.92 Å². The lowest BCUT2D eigenvalue weighted by atomic mass is 10.4. The molecular formula is C10H13N3S. The standard InChI is InChI=1S/C10H13N3S/c1-4-9-6-14-10(11-9)13-8(3)5-7(2)12-13/h5-6H,4H2,1-3H3. The second-order valence-corrected chi connectivity index (χ2v) is 4.15. The Labute approximate surface area is 87.4 Å². The van der Waals surface area contributed by atoms with Crippen molar-refractivity contribution in [1.82, 2.24) is 14.8 Å². The lowest BCUT2D eigenvalue weighted by Gasteiger charge is -1.96. The maximum Gasteiger partial charge on any atom is 0.210 e. The highest BCUT2D eigenvalue weighted by molar-refractivity contribution is 7.12. The van der Waals surface area contributed by atoms with Gasteiger partial charge >= 0.3 is 0 Å². The Morgan fingerprint density at radius 3 is 2.71 bits per heavy atom. The van der Waals surface area contributed by atoms with Crippen LogP contribution in [0.15, 0.2) is 11.4 Å². The fourth-order valence-corrected chi connectivity index (χ4v) is 2.29. The highest BCUT2D eigenvalue weighted by Gasteiger charge is 2.07. The molecular weight excluding hydrogens is 194 g/mol. The van der Waals surface area contributed by atoms with Crippen molar-refractivity contribution in [3.8, 4) is 5.13 Å². The minimum absolute atomic E-state index is 0.965. The predicted molar refractivity (Wildman–Crippen MR) is 58.1 cm³/mol. The van der Waals surface area contributed by atoms with Gasteiger partial charge in [-0.25, -0.2) is 9.67 Å². The highest BCUT2D eigenvalue weighted by atomic mass is 32.1. The number of hydrogen-bond acceptors (Lipinski definition) is 3. The van der Waals surface area contributed by atoms with E-state index >= 15 is 0 Å². The van der Waals surface area contributed by atoms with Crippen LogP contribution in [0.25, 0.3) is 5.13 Å². The number of thiazole rings is 1. The predicted octanol–water partition coefficient (Wildman–Crippen LogP) is 2.51. The summed E-state index contributed by atoms with van der Waals surface area (Å²) in [6.45, 7) is 6.16. The molecule has 0 saturated carbocycles. The monoisotopic (exact) mass is 207 g/mol. The van der Waals surface area contributed by atoms with Gasteiger partial charge in [-0.2, -0.15) is 5.10 Å². The fourth-order valence-electron chi connectivity index (χ4n) is 1.38. The van der Waals surface area contributed by atoms with E-state index in [4.69, 9.17) is 0 Å². The van der Waals surface area contributed by atoms with Crippen LogP contribution in [0.4, 0.5) is 0 Å². The third-order valence-electron chi connectivity index (χ3n) is 2.09. The molecule has 2 aromatic rings. The zero-order chi connectivity index (χ0) is 10.1. The maximum atomic E-state index is 4.49. The van der Waals surface area contributed by atoms with Crippen molar-refractivity contribution in [2.45, 2.75) is 27.2 Å². The topological polar surface area (TPSA) is 30.7 Å². The van der Waals surface area contributed by atoms with Gasteiger partial charge in [0, 0.05) is 11.1 Å². The van der Waals surface area contributed by atoms with Gasteiger partial charge in [0.2, 0.25) is 5.13 Å². The molecule has 3 nitrogen and oxygen atoms in total. The molecule has 2 rings (SSSR count). The van der Waals surface area contributed by atoms with E-state index in [9.17, 15) is 0 Å². The van der Waals surface area contributed by atoms with Crippen LogP contribution in [-0.2, 0) is 6.42 Å². The molecule has 0 unspecified atom stereocenters. The normalized spacial score (nSPS) is 10.8. The molecule has 2 heterocycles. The smallest absolute Gasteiger partial charge is 0.210 e. The van der Waals surface area contributed by atoms with Crippen LogP contribution in [0, 0.1) is 13.8 Å². The number of nitrogens with zero attached hydrogens (tertiary/aromatic N) is 3. The molecule has 0 atom stereocenters. The first kappa shape index (κ1) is 9.40. The van der Waals surface area contributed by atoms with Crippen LogP contribution in [0.3, 0.4) is 0 Å². The summed E-state index contributed by atoms with van der Waals surface area (Å²) < 4.78 is 1.90. The van der Waals surface area contributed by atoms with E-state index in [0.717, 1.165) is 28.6 Å². The molecule has 0 fully saturated rings. The van der Waals surface area contributed by atoms with Crippen molar-refractivity contribution in [2.24, 2.45) is 0 Å². The van der Waals surface area contributed by atoms with Gasteiger partial charge in [-0.3, -0.25) is 0 Å². The average Bonchev–Trinajstić information content (AvgIpc) is 2.71. The summed E-state index contributed by atoms with van der Waals surface area (Å²) in [6.07, 6.45) is 0.982. The minimum atomic E-state index is 0.965. The van der Waals surface area contributed by atoms with E-state index in [1.54, 1.807) is 11.3 Å². The zero-order valence-electron chi connectivity index (χ0n) is 8.61. The number of aryl methyl sites for hydroxylation is 3. The molecule has 0 amide bonds. The summed E-state index contributed by atoms with van der Waals surface area (Å²) in [5, 5.41) is 7.45. The quantitative estimate of drug-likeness (QED) is 0.757. The zero-order valence-corrected chi connectivity index (χ0v) is 9.43. The molecule has 0 aliphatic carbocycles. The third-order valence-corrected chi connectivity index (χ3v) is 2.96. The van der Waals surface area contributed by atoms with Crippen LogP contribution < -0.4 is 0 Å². The van der Waals surface area contributed by atoms with Crippen LogP contribution in [0.2, 0.25) is 0 Å². The third kappa shape index (κ3) is 1.57. The highest BCUT2D eigenvalue weighted by Crippen LogP contribution is 2.17. The Balaban J connectivity index is 2.43. The van der Waals surface area contributed by atoms with Gasteiger partial charge in [0.05, 0.1) is 11.4 Å². The van der Waals surface area contributed by atoms with E-state index in [0.29, 0.717) is 0 Å². The molecule has 4 heteroatoms. The van der Waals surface area contributed by atoms with E-state index in [1.165, 1.54) is 0 Å². The summed E-state index contributed by atoms with van der Waals surface area (Å²) in [6, 6.07) is 2.06. The Morgan fingerprint density at radius 2 is 2.21 bits per heavy atom. The summed E-state index contributed by atoms with van der Waals surface area (Å²) >= 11 is 1.64. The first-order chi connectivity index (χ1) is 6.70. The molecule has 0 aliphatic rings. The van der Waals surface area contributed by atoms with Crippen LogP contribution in [-0.4, -0.2) is 14.8 Å². The summed E-state index contributed by atoms with van der Waals surface area (Å²) in [7, 11) is 0. The Bertz CT molecular complexity index is 442. The lowest BCUT2D eigenvalue weighted by molar-refractivity contribution is 0.818. The first-order valence-electron chi connectivity index (χ1n) is 4.68. The number of aromatic nitrogens is 3. The second kappa shape index (κ2) is 3.53. The number of rotatable bonds is 2. The van der Waals surface area contributed by atoms with Crippen molar-refractivity contribution in [2.75, 3.05) is 0 Å². The van der Waals surface area contributed by atoms with E-state index in [-0.39, 0.29) is 0 Å². The molecule has 14 heavy (non-hydrogen) atoms. The lowest BCUT2D eigenvalue weighted by Crippen LogP contribution is -1.98. The summed E-state index contributed by atoms with van der Waals surface area (Å²) in [4.78, 5) is 4.49. The Hall–Kier alpha value is -1.16. The maximum absolute atomic E-state index is 4.49. The van der Waals surface area contributed by atoms with Gasteiger partial charge in [0.1, 0.15) is 0 Å². The Morgan fingerprint density at radius 1 is 1.43 bits per heavy atom. The number of hydrogen-bond donors (Lipinski definition) is 0. The molecule has 0 N–H and O–H groups in total. The molecule has 0 radical (unpaired) electrons. The summed E-state index contributed by atoms with van der Waals surface area (Å²) in [5.74, 6) is 0. The molecule has 74 valence electrons. The second-order valence-electron chi connectivity index (χ2n) is 3.31. The van der Waals surface area contributed by atoms with E-state index in [2.05, 4.69) is 28.5 Å². The van der Waals surface area contributed by atoms with E-state index in [1.807, 2.05) is 18.5 Å². The van der Waals surface area contributed by atoms with Crippen molar-refractivity contribution in [3.05, 3.63) is 28.5 Å². The van der Waals surface area contributed by atoms with Gasteiger partial charge < -0.3 is 0 Å². The largest absolute Gasteiger partial charge is 0.223 e. The SMILES string of the molecule is CCc1csc(-n2nc(C)cc2C)n1. The molecule has 0 spiro atoms. The molecule has 0 aromatic carbocycles. The molecule has 0 bridgehead atoms. The van der Waals surface area contributed by atoms with Gasteiger partial charge in [-0.15, -0.1) is 11.3 Å². The van der Waals surface area contributed by atoms with E-state index < -0.39 is 0 Å². The van der Waals surface area contributed by atoms with Crippen molar-refractivity contribution >= 4 is 11.3 Å². The first-order valence-corrected chi connectivity index (χ1v) is 5.56. The van der Waals surface area contributed by atoms with Crippen LogP contribution in [0.5, 0.6) is 0 Å². The fraction of sp³-hybridized carbons (Fsp3) is 0.400. The molecule has 0 saturated heterocycles. The van der Waals surface area contributed by atoms with Crippen molar-refractivity contribution < 1.29 is 0 Å². The van der Waals surface area contributed by atoms with Gasteiger partial charge in [-0.05, 0) is 26.3 Å². The van der Waals surface area contributed by atoms with Crippen LogP contribution in [0.1, 0.15) is 24.0 Å².